The Morgan fingerprint density at radius 3 is 2.50 bits per heavy atom. The summed E-state index contributed by atoms with van der Waals surface area (Å²) in [7, 11) is 0. The van der Waals surface area contributed by atoms with Crippen LogP contribution in [0.3, 0.4) is 0 Å². The zero-order valence-electron chi connectivity index (χ0n) is 5.11. The average Bonchev–Trinajstić information content (AvgIpc) is 1.87. The molecule has 0 spiro atoms. The van der Waals surface area contributed by atoms with Crippen LogP contribution in [0.1, 0.15) is 0 Å². The molecule has 0 amide bonds. The highest BCUT2D eigenvalue weighted by Crippen LogP contribution is 1.84. The maximum atomic E-state index is 10.2. The van der Waals surface area contributed by atoms with E-state index in [4.69, 9.17) is 10.8 Å². The zero-order chi connectivity index (χ0) is 8.15. The minimum absolute atomic E-state index is 0.836. The first-order valence-electron chi connectivity index (χ1n) is 2.39. The minimum atomic E-state index is -1.61. The highest BCUT2D eigenvalue weighted by molar-refractivity contribution is 5.84. The first kappa shape index (κ1) is 8.64. The van der Waals surface area contributed by atoms with Gasteiger partial charge in [-0.3, -0.25) is 5.73 Å². The summed E-state index contributed by atoms with van der Waals surface area (Å²) >= 11 is 0. The van der Waals surface area contributed by atoms with Crippen molar-refractivity contribution in [2.24, 2.45) is 5.73 Å². The number of ether oxygens (including phenoxy) is 1. The number of nitrogens with two attached hydrogens (primary N) is 1. The smallest absolute Gasteiger partial charge is 0.360 e. The van der Waals surface area contributed by atoms with Gasteiger partial charge in [0.2, 0.25) is 6.23 Å². The molecule has 0 aromatic carbocycles. The molecule has 0 aliphatic rings. The second kappa shape index (κ2) is 3.62. The van der Waals surface area contributed by atoms with Crippen LogP contribution in [0.2, 0.25) is 0 Å². The van der Waals surface area contributed by atoms with Crippen molar-refractivity contribution in [3.05, 3.63) is 12.7 Å². The largest absolute Gasteiger partial charge is 0.477 e. The van der Waals surface area contributed by atoms with Crippen LogP contribution < -0.4 is 5.73 Å². The molecule has 0 heterocycles. The Morgan fingerprint density at radius 2 is 2.20 bits per heavy atom. The van der Waals surface area contributed by atoms with Crippen LogP contribution in [0.4, 0.5) is 0 Å². The molecule has 0 bridgehead atoms. The van der Waals surface area contributed by atoms with Crippen LogP contribution in [0, 0.1) is 0 Å². The first-order valence-corrected chi connectivity index (χ1v) is 2.39. The predicted molar refractivity (Wildman–Crippen MR) is 31.9 cm³/mol. The van der Waals surface area contributed by atoms with Gasteiger partial charge in [0.25, 0.3) is 0 Å². The fourth-order valence-corrected chi connectivity index (χ4v) is 0.224. The maximum absolute atomic E-state index is 10.2. The van der Waals surface area contributed by atoms with Gasteiger partial charge in [-0.05, 0) is 0 Å². The number of hydrogen-bond acceptors (Lipinski definition) is 4. The molecular weight excluding hydrogens is 138 g/mol. The van der Waals surface area contributed by atoms with E-state index in [1.807, 2.05) is 0 Å². The molecule has 0 aromatic heterocycles. The third-order valence-electron chi connectivity index (χ3n) is 0.653. The topological polar surface area (TPSA) is 89.6 Å². The van der Waals surface area contributed by atoms with Gasteiger partial charge in [-0.2, -0.15) is 0 Å². The SMILES string of the molecule is C=CC(=O)OC(N)C(=O)O. The second-order valence-electron chi connectivity index (χ2n) is 1.40. The Labute approximate surface area is 57.1 Å². The molecule has 0 fully saturated rings. The van der Waals surface area contributed by atoms with Gasteiger partial charge in [0.1, 0.15) is 0 Å². The van der Waals surface area contributed by atoms with Crippen molar-refractivity contribution in [1.82, 2.24) is 0 Å². The van der Waals surface area contributed by atoms with E-state index in [0.717, 1.165) is 6.08 Å². The lowest BCUT2D eigenvalue weighted by atomic mass is 10.6. The summed E-state index contributed by atoms with van der Waals surface area (Å²) in [4.78, 5) is 20.2. The number of carbonyl (C=O) groups is 2. The third kappa shape index (κ3) is 2.83. The van der Waals surface area contributed by atoms with Crippen molar-refractivity contribution in [2.45, 2.75) is 6.23 Å². The van der Waals surface area contributed by atoms with Gasteiger partial charge >= 0.3 is 11.9 Å². The molecule has 0 rings (SSSR count). The summed E-state index contributed by atoms with van der Waals surface area (Å²) in [5, 5.41) is 8.09. The Morgan fingerprint density at radius 1 is 1.70 bits per heavy atom. The Hall–Kier alpha value is -1.36. The van der Waals surface area contributed by atoms with Gasteiger partial charge in [0, 0.05) is 6.08 Å². The molecule has 1 atom stereocenters. The summed E-state index contributed by atoms with van der Waals surface area (Å²) in [6.45, 7) is 3.05. The summed E-state index contributed by atoms with van der Waals surface area (Å²) in [5.74, 6) is -2.25. The molecule has 5 heteroatoms. The van der Waals surface area contributed by atoms with Crippen LogP contribution in [-0.4, -0.2) is 23.3 Å². The fourth-order valence-electron chi connectivity index (χ4n) is 0.224. The lowest BCUT2D eigenvalue weighted by Crippen LogP contribution is -2.34. The molecule has 5 nitrogen and oxygen atoms in total. The molecule has 0 aromatic rings. The zero-order valence-corrected chi connectivity index (χ0v) is 5.11. The van der Waals surface area contributed by atoms with Gasteiger partial charge in [-0.1, -0.05) is 6.58 Å². The highest BCUT2D eigenvalue weighted by Gasteiger charge is 2.13. The van der Waals surface area contributed by atoms with Crippen LogP contribution in [0.25, 0.3) is 0 Å². The second-order valence-corrected chi connectivity index (χ2v) is 1.40. The molecule has 0 saturated heterocycles. The molecule has 1 unspecified atom stereocenters. The van der Waals surface area contributed by atoms with E-state index < -0.39 is 18.2 Å². The lowest BCUT2D eigenvalue weighted by molar-refractivity contribution is -0.160. The summed E-state index contributed by atoms with van der Waals surface area (Å²) < 4.78 is 4.08. The van der Waals surface area contributed by atoms with Gasteiger partial charge < -0.3 is 9.84 Å². The van der Waals surface area contributed by atoms with Crippen molar-refractivity contribution >= 4 is 11.9 Å². The maximum Gasteiger partial charge on any atom is 0.360 e. The molecule has 0 aliphatic heterocycles. The molecular formula is C5H7NO4. The summed E-state index contributed by atoms with van der Waals surface area (Å²) in [5.41, 5.74) is 4.80. The van der Waals surface area contributed by atoms with Crippen molar-refractivity contribution in [3.8, 4) is 0 Å². The number of carboxylic acids is 1. The van der Waals surface area contributed by atoms with Gasteiger partial charge in [-0.25, -0.2) is 9.59 Å². The first-order chi connectivity index (χ1) is 4.57. The van der Waals surface area contributed by atoms with E-state index in [-0.39, 0.29) is 0 Å². The third-order valence-corrected chi connectivity index (χ3v) is 0.653. The van der Waals surface area contributed by atoms with Crippen molar-refractivity contribution in [2.75, 3.05) is 0 Å². The van der Waals surface area contributed by atoms with Crippen LogP contribution in [0.5, 0.6) is 0 Å². The molecule has 0 saturated carbocycles. The average molecular weight is 145 g/mol. The number of aliphatic carboxylic acids is 1. The van der Waals surface area contributed by atoms with E-state index in [1.165, 1.54) is 0 Å². The Kier molecular flexibility index (Phi) is 3.13. The lowest BCUT2D eigenvalue weighted by Gasteiger charge is -2.04. The van der Waals surface area contributed by atoms with Crippen molar-refractivity contribution in [3.63, 3.8) is 0 Å². The highest BCUT2D eigenvalue weighted by atomic mass is 16.6. The predicted octanol–water partition coefficient (Wildman–Crippen LogP) is -0.915. The number of esters is 1. The number of hydrogen-bond donors (Lipinski definition) is 2. The van der Waals surface area contributed by atoms with E-state index in [0.29, 0.717) is 0 Å². The quantitative estimate of drug-likeness (QED) is 0.304. The minimum Gasteiger partial charge on any atom is -0.477 e. The molecule has 10 heavy (non-hydrogen) atoms. The van der Waals surface area contributed by atoms with Crippen LogP contribution in [-0.2, 0) is 14.3 Å². The fraction of sp³-hybridized carbons (Fsp3) is 0.200. The van der Waals surface area contributed by atoms with E-state index in [2.05, 4.69) is 11.3 Å². The van der Waals surface area contributed by atoms with E-state index in [1.54, 1.807) is 0 Å². The normalized spacial score (nSPS) is 11.7. The van der Waals surface area contributed by atoms with Crippen molar-refractivity contribution in [1.29, 1.82) is 0 Å². The monoisotopic (exact) mass is 145 g/mol. The molecule has 0 radical (unpaired) electrons. The number of carboxylic acid groups (broad SMARTS) is 1. The summed E-state index contributed by atoms with van der Waals surface area (Å²) in [6.07, 6.45) is -0.770. The van der Waals surface area contributed by atoms with Gasteiger partial charge in [0.15, 0.2) is 0 Å². The van der Waals surface area contributed by atoms with E-state index in [9.17, 15) is 9.59 Å². The van der Waals surface area contributed by atoms with Crippen LogP contribution in [0.15, 0.2) is 12.7 Å². The van der Waals surface area contributed by atoms with Crippen LogP contribution >= 0.6 is 0 Å². The standard InChI is InChI=1S/C5H7NO4/c1-2-3(7)10-4(6)5(8)9/h2,4H,1,6H2,(H,8,9). The Bertz CT molecular complexity index is 165. The van der Waals surface area contributed by atoms with Crippen molar-refractivity contribution < 1.29 is 19.4 Å². The Balaban J connectivity index is 3.79. The van der Waals surface area contributed by atoms with E-state index >= 15 is 0 Å². The molecule has 3 N–H and O–H groups in total. The molecule has 56 valence electrons. The van der Waals surface area contributed by atoms with Gasteiger partial charge in [-0.15, -0.1) is 0 Å². The number of carbonyl (C=O) groups excluding carboxylic acids is 1. The van der Waals surface area contributed by atoms with Gasteiger partial charge in [0.05, 0.1) is 0 Å². The molecule has 0 aliphatic carbocycles. The summed E-state index contributed by atoms with van der Waals surface area (Å²) in [6, 6.07) is 0. The number of rotatable bonds is 3.